The largest absolute Gasteiger partial charge is 0.508 e. The molecule has 98 valence electrons. The van der Waals surface area contributed by atoms with Crippen molar-refractivity contribution in [2.45, 2.75) is 13.5 Å². The molecule has 0 aliphatic carbocycles. The molecule has 1 aliphatic rings. The standard InChI is InChI=1S/C15H15NO3/c1-10-6-12(17)3-4-13(10)16-8-11-2-5-14-15(7-11)19-9-18-14/h2-7,16-17H,8-9H2,1H3. The number of aryl methyl sites for hydroxylation is 1. The third-order valence-electron chi connectivity index (χ3n) is 3.13. The summed E-state index contributed by atoms with van der Waals surface area (Å²) in [6, 6.07) is 11.2. The second kappa shape index (κ2) is 4.72. The molecule has 0 saturated carbocycles. The highest BCUT2D eigenvalue weighted by Crippen LogP contribution is 2.32. The molecule has 0 atom stereocenters. The second-order valence-electron chi connectivity index (χ2n) is 4.54. The minimum Gasteiger partial charge on any atom is -0.508 e. The van der Waals surface area contributed by atoms with Gasteiger partial charge in [0.1, 0.15) is 5.75 Å². The van der Waals surface area contributed by atoms with Crippen LogP contribution in [0.25, 0.3) is 0 Å². The van der Waals surface area contributed by atoms with E-state index < -0.39 is 0 Å². The minimum absolute atomic E-state index is 0.283. The van der Waals surface area contributed by atoms with Crippen molar-refractivity contribution in [2.75, 3.05) is 12.1 Å². The van der Waals surface area contributed by atoms with Gasteiger partial charge in [0.15, 0.2) is 11.5 Å². The van der Waals surface area contributed by atoms with Crippen molar-refractivity contribution in [3.05, 3.63) is 47.5 Å². The number of fused-ring (bicyclic) bond motifs is 1. The van der Waals surface area contributed by atoms with Crippen LogP contribution < -0.4 is 14.8 Å². The lowest BCUT2D eigenvalue weighted by molar-refractivity contribution is 0.174. The maximum absolute atomic E-state index is 9.37. The second-order valence-corrected chi connectivity index (χ2v) is 4.54. The van der Waals surface area contributed by atoms with Gasteiger partial charge in [-0.15, -0.1) is 0 Å². The van der Waals surface area contributed by atoms with Crippen LogP contribution >= 0.6 is 0 Å². The number of phenolic OH excluding ortho intramolecular Hbond substituents is 1. The summed E-state index contributed by atoms with van der Waals surface area (Å²) in [6.45, 7) is 2.95. The van der Waals surface area contributed by atoms with Crippen molar-refractivity contribution in [1.82, 2.24) is 0 Å². The van der Waals surface area contributed by atoms with Gasteiger partial charge < -0.3 is 19.9 Å². The Hall–Kier alpha value is -2.36. The molecule has 3 rings (SSSR count). The number of hydrogen-bond acceptors (Lipinski definition) is 4. The van der Waals surface area contributed by atoms with Gasteiger partial charge in [-0.25, -0.2) is 0 Å². The van der Waals surface area contributed by atoms with E-state index in [0.29, 0.717) is 13.3 Å². The minimum atomic E-state index is 0.283. The molecular weight excluding hydrogens is 242 g/mol. The van der Waals surface area contributed by atoms with Crippen LogP contribution in [0.2, 0.25) is 0 Å². The van der Waals surface area contributed by atoms with E-state index in [-0.39, 0.29) is 5.75 Å². The number of ether oxygens (including phenoxy) is 2. The number of benzene rings is 2. The Morgan fingerprint density at radius 3 is 2.79 bits per heavy atom. The van der Waals surface area contributed by atoms with Crippen LogP contribution in [0.15, 0.2) is 36.4 Å². The zero-order valence-electron chi connectivity index (χ0n) is 10.6. The number of aromatic hydroxyl groups is 1. The average Bonchev–Trinajstić information content (AvgIpc) is 2.85. The Morgan fingerprint density at radius 2 is 1.95 bits per heavy atom. The summed E-state index contributed by atoms with van der Waals surface area (Å²) in [4.78, 5) is 0. The van der Waals surface area contributed by atoms with Crippen LogP contribution in [-0.4, -0.2) is 11.9 Å². The molecule has 19 heavy (non-hydrogen) atoms. The molecule has 1 heterocycles. The average molecular weight is 257 g/mol. The SMILES string of the molecule is Cc1cc(O)ccc1NCc1ccc2c(c1)OCO2. The highest BCUT2D eigenvalue weighted by atomic mass is 16.7. The molecule has 0 bridgehead atoms. The summed E-state index contributed by atoms with van der Waals surface area (Å²) in [6.07, 6.45) is 0. The van der Waals surface area contributed by atoms with Crippen molar-refractivity contribution >= 4 is 5.69 Å². The zero-order valence-corrected chi connectivity index (χ0v) is 10.6. The van der Waals surface area contributed by atoms with E-state index in [9.17, 15) is 5.11 Å². The van der Waals surface area contributed by atoms with Gasteiger partial charge in [-0.1, -0.05) is 6.07 Å². The first-order chi connectivity index (χ1) is 9.22. The van der Waals surface area contributed by atoms with Gasteiger partial charge in [-0.3, -0.25) is 0 Å². The van der Waals surface area contributed by atoms with Crippen LogP contribution in [0.4, 0.5) is 5.69 Å². The van der Waals surface area contributed by atoms with E-state index >= 15 is 0 Å². The van der Waals surface area contributed by atoms with Crippen molar-refractivity contribution in [3.8, 4) is 17.2 Å². The maximum Gasteiger partial charge on any atom is 0.231 e. The topological polar surface area (TPSA) is 50.7 Å². The smallest absolute Gasteiger partial charge is 0.231 e. The Morgan fingerprint density at radius 1 is 1.11 bits per heavy atom. The first kappa shape index (κ1) is 11.7. The summed E-state index contributed by atoms with van der Waals surface area (Å²) in [5.41, 5.74) is 3.15. The molecule has 0 amide bonds. The summed E-state index contributed by atoms with van der Waals surface area (Å²) in [5, 5.41) is 12.7. The van der Waals surface area contributed by atoms with Crippen molar-refractivity contribution < 1.29 is 14.6 Å². The fraction of sp³-hybridized carbons (Fsp3) is 0.200. The van der Waals surface area contributed by atoms with E-state index in [1.807, 2.05) is 31.2 Å². The first-order valence-corrected chi connectivity index (χ1v) is 6.14. The van der Waals surface area contributed by atoms with E-state index in [1.165, 1.54) is 0 Å². The van der Waals surface area contributed by atoms with Crippen LogP contribution in [0.1, 0.15) is 11.1 Å². The third-order valence-corrected chi connectivity index (χ3v) is 3.13. The van der Waals surface area contributed by atoms with E-state index in [0.717, 1.165) is 28.3 Å². The quantitative estimate of drug-likeness (QED) is 0.830. The first-order valence-electron chi connectivity index (χ1n) is 6.14. The fourth-order valence-electron chi connectivity index (χ4n) is 2.09. The number of rotatable bonds is 3. The van der Waals surface area contributed by atoms with Crippen LogP contribution in [0.5, 0.6) is 17.2 Å². The van der Waals surface area contributed by atoms with Crippen LogP contribution in [0, 0.1) is 6.92 Å². The third kappa shape index (κ3) is 2.42. The molecule has 4 heteroatoms. The molecule has 1 aliphatic heterocycles. The number of anilines is 1. The lowest BCUT2D eigenvalue weighted by atomic mass is 10.1. The van der Waals surface area contributed by atoms with E-state index in [4.69, 9.17) is 9.47 Å². The summed E-state index contributed by atoms with van der Waals surface area (Å²) in [5.74, 6) is 1.87. The predicted molar refractivity (Wildman–Crippen MR) is 72.7 cm³/mol. The van der Waals surface area contributed by atoms with Gasteiger partial charge in [-0.2, -0.15) is 0 Å². The lowest BCUT2D eigenvalue weighted by Gasteiger charge is -2.10. The molecule has 0 radical (unpaired) electrons. The molecule has 0 spiro atoms. The monoisotopic (exact) mass is 257 g/mol. The summed E-state index contributed by atoms with van der Waals surface area (Å²) >= 11 is 0. The van der Waals surface area contributed by atoms with E-state index in [2.05, 4.69) is 5.32 Å². The van der Waals surface area contributed by atoms with Crippen molar-refractivity contribution in [1.29, 1.82) is 0 Å². The molecular formula is C15H15NO3. The normalized spacial score (nSPS) is 12.5. The molecule has 2 aromatic rings. The van der Waals surface area contributed by atoms with Gasteiger partial charge in [0.05, 0.1) is 0 Å². The lowest BCUT2D eigenvalue weighted by Crippen LogP contribution is -2.00. The number of nitrogens with one attached hydrogen (secondary N) is 1. The Kier molecular flexibility index (Phi) is 2.91. The number of hydrogen-bond donors (Lipinski definition) is 2. The molecule has 2 N–H and O–H groups in total. The molecule has 0 unspecified atom stereocenters. The molecule has 0 aromatic heterocycles. The summed E-state index contributed by atoms with van der Waals surface area (Å²) in [7, 11) is 0. The van der Waals surface area contributed by atoms with Gasteiger partial charge in [0, 0.05) is 12.2 Å². The fourth-order valence-corrected chi connectivity index (χ4v) is 2.09. The Labute approximate surface area is 111 Å². The van der Waals surface area contributed by atoms with Crippen molar-refractivity contribution in [2.24, 2.45) is 0 Å². The Balaban J connectivity index is 1.72. The van der Waals surface area contributed by atoms with Gasteiger partial charge in [0.2, 0.25) is 6.79 Å². The highest BCUT2D eigenvalue weighted by Gasteiger charge is 2.12. The predicted octanol–water partition coefficient (Wildman–Crippen LogP) is 3.04. The zero-order chi connectivity index (χ0) is 13.2. The van der Waals surface area contributed by atoms with Gasteiger partial charge in [0.25, 0.3) is 0 Å². The van der Waals surface area contributed by atoms with Crippen LogP contribution in [0.3, 0.4) is 0 Å². The van der Waals surface area contributed by atoms with E-state index in [1.54, 1.807) is 12.1 Å². The molecule has 0 fully saturated rings. The van der Waals surface area contributed by atoms with Gasteiger partial charge >= 0.3 is 0 Å². The Bertz CT molecular complexity index is 610. The maximum atomic E-state index is 9.37. The van der Waals surface area contributed by atoms with Crippen LogP contribution in [-0.2, 0) is 6.54 Å². The van der Waals surface area contributed by atoms with Gasteiger partial charge in [-0.05, 0) is 48.4 Å². The molecule has 2 aromatic carbocycles. The highest BCUT2D eigenvalue weighted by molar-refractivity contribution is 5.54. The summed E-state index contributed by atoms with van der Waals surface area (Å²) < 4.78 is 10.6. The molecule has 0 saturated heterocycles. The number of phenols is 1. The molecule has 4 nitrogen and oxygen atoms in total. The van der Waals surface area contributed by atoms with Crippen molar-refractivity contribution in [3.63, 3.8) is 0 Å².